The van der Waals surface area contributed by atoms with E-state index in [1.807, 2.05) is 7.05 Å². The van der Waals surface area contributed by atoms with Crippen molar-refractivity contribution in [1.82, 2.24) is 10.2 Å². The van der Waals surface area contributed by atoms with E-state index in [9.17, 15) is 4.39 Å². The summed E-state index contributed by atoms with van der Waals surface area (Å²) < 4.78 is 24.7. The van der Waals surface area contributed by atoms with Gasteiger partial charge in [0.05, 0.1) is 6.61 Å². The summed E-state index contributed by atoms with van der Waals surface area (Å²) in [5, 5.41) is 3.46. The van der Waals surface area contributed by atoms with E-state index in [4.69, 9.17) is 9.47 Å². The fraction of sp³-hybridized carbons (Fsp3) is 0.650. The lowest BCUT2D eigenvalue weighted by Crippen LogP contribution is -2.41. The van der Waals surface area contributed by atoms with E-state index in [0.29, 0.717) is 25.0 Å². The SMILES string of the molecule is CN=C(NCCc1cc(F)cc2c1OCOC2)N1CCC2(CCCC2)C1.I. The van der Waals surface area contributed by atoms with Crippen LogP contribution in [0.2, 0.25) is 0 Å². The molecule has 0 amide bonds. The Morgan fingerprint density at radius 3 is 2.89 bits per heavy atom. The number of hydrogen-bond acceptors (Lipinski definition) is 3. The molecule has 4 rings (SSSR count). The molecule has 2 heterocycles. The number of fused-ring (bicyclic) bond motifs is 1. The lowest BCUT2D eigenvalue weighted by molar-refractivity contribution is -0.0172. The molecule has 1 aromatic carbocycles. The third-order valence-electron chi connectivity index (χ3n) is 6.04. The number of nitrogens with zero attached hydrogens (tertiary/aromatic N) is 2. The summed E-state index contributed by atoms with van der Waals surface area (Å²) in [6.45, 7) is 3.54. The Morgan fingerprint density at radius 2 is 2.11 bits per heavy atom. The number of ether oxygens (including phenoxy) is 2. The summed E-state index contributed by atoms with van der Waals surface area (Å²) >= 11 is 0. The number of halogens is 2. The molecule has 0 radical (unpaired) electrons. The van der Waals surface area contributed by atoms with Crippen LogP contribution in [-0.4, -0.2) is 44.3 Å². The lowest BCUT2D eigenvalue weighted by Gasteiger charge is -2.26. The van der Waals surface area contributed by atoms with Crippen LogP contribution in [0.15, 0.2) is 17.1 Å². The Balaban J connectivity index is 0.00000210. The Labute approximate surface area is 177 Å². The van der Waals surface area contributed by atoms with Gasteiger partial charge in [-0.2, -0.15) is 0 Å². The molecule has 7 heteroatoms. The summed E-state index contributed by atoms with van der Waals surface area (Å²) in [6, 6.07) is 3.06. The second-order valence-corrected chi connectivity index (χ2v) is 7.77. The zero-order chi connectivity index (χ0) is 18.0. The topological polar surface area (TPSA) is 46.1 Å². The third-order valence-corrected chi connectivity index (χ3v) is 6.04. The van der Waals surface area contributed by atoms with E-state index in [2.05, 4.69) is 15.2 Å². The summed E-state index contributed by atoms with van der Waals surface area (Å²) in [5.74, 6) is 1.50. The Kier molecular flexibility index (Phi) is 6.83. The van der Waals surface area contributed by atoms with E-state index in [-0.39, 0.29) is 36.6 Å². The molecule has 1 saturated heterocycles. The number of aliphatic imine (C=N–C) groups is 1. The van der Waals surface area contributed by atoms with Crippen molar-refractivity contribution in [3.63, 3.8) is 0 Å². The first-order chi connectivity index (χ1) is 12.7. The van der Waals surface area contributed by atoms with Gasteiger partial charge in [-0.15, -0.1) is 24.0 Å². The number of hydrogen-bond donors (Lipinski definition) is 1. The Hall–Kier alpha value is -1.09. The van der Waals surface area contributed by atoms with Gasteiger partial charge in [0.1, 0.15) is 11.6 Å². The molecule has 1 N–H and O–H groups in total. The van der Waals surface area contributed by atoms with Gasteiger partial charge in [0.25, 0.3) is 0 Å². The first-order valence-corrected chi connectivity index (χ1v) is 9.67. The first kappa shape index (κ1) is 20.6. The summed E-state index contributed by atoms with van der Waals surface area (Å²) in [5.41, 5.74) is 2.20. The van der Waals surface area contributed by atoms with Crippen LogP contribution in [0.5, 0.6) is 5.75 Å². The zero-order valence-electron chi connectivity index (χ0n) is 15.9. The number of guanidine groups is 1. The number of nitrogens with one attached hydrogen (secondary N) is 1. The van der Waals surface area contributed by atoms with Crippen molar-refractivity contribution < 1.29 is 13.9 Å². The molecule has 0 bridgehead atoms. The van der Waals surface area contributed by atoms with E-state index in [1.165, 1.54) is 38.2 Å². The number of benzene rings is 1. The van der Waals surface area contributed by atoms with Crippen LogP contribution in [-0.2, 0) is 17.8 Å². The molecule has 27 heavy (non-hydrogen) atoms. The van der Waals surface area contributed by atoms with Gasteiger partial charge in [-0.3, -0.25) is 4.99 Å². The lowest BCUT2D eigenvalue weighted by atomic mass is 9.86. The highest BCUT2D eigenvalue weighted by Gasteiger charge is 2.41. The average molecular weight is 489 g/mol. The average Bonchev–Trinajstić information content (AvgIpc) is 3.28. The van der Waals surface area contributed by atoms with Crippen LogP contribution in [0.3, 0.4) is 0 Å². The molecule has 5 nitrogen and oxygen atoms in total. The van der Waals surface area contributed by atoms with Crippen LogP contribution in [0, 0.1) is 11.2 Å². The molecule has 1 saturated carbocycles. The van der Waals surface area contributed by atoms with Gasteiger partial charge in [0.2, 0.25) is 0 Å². The van der Waals surface area contributed by atoms with Gasteiger partial charge in [-0.25, -0.2) is 4.39 Å². The van der Waals surface area contributed by atoms with Crippen molar-refractivity contribution in [3.05, 3.63) is 29.1 Å². The minimum Gasteiger partial charge on any atom is -0.467 e. The minimum absolute atomic E-state index is 0. The van der Waals surface area contributed by atoms with Gasteiger partial charge >= 0.3 is 0 Å². The maximum atomic E-state index is 13.9. The maximum absolute atomic E-state index is 13.9. The third kappa shape index (κ3) is 4.50. The van der Waals surface area contributed by atoms with Crippen molar-refractivity contribution in [2.45, 2.75) is 45.1 Å². The highest BCUT2D eigenvalue weighted by atomic mass is 127. The van der Waals surface area contributed by atoms with E-state index in [1.54, 1.807) is 6.07 Å². The van der Waals surface area contributed by atoms with E-state index in [0.717, 1.165) is 35.9 Å². The molecule has 0 unspecified atom stereocenters. The van der Waals surface area contributed by atoms with Crippen molar-refractivity contribution in [3.8, 4) is 5.75 Å². The summed E-state index contributed by atoms with van der Waals surface area (Å²) in [7, 11) is 1.84. The maximum Gasteiger partial charge on any atom is 0.193 e. The second-order valence-electron chi connectivity index (χ2n) is 7.77. The molecule has 0 aromatic heterocycles. The quantitative estimate of drug-likeness (QED) is 0.400. The van der Waals surface area contributed by atoms with Crippen LogP contribution in [0.4, 0.5) is 4.39 Å². The molecule has 0 atom stereocenters. The first-order valence-electron chi connectivity index (χ1n) is 9.67. The molecule has 150 valence electrons. The zero-order valence-corrected chi connectivity index (χ0v) is 18.3. The van der Waals surface area contributed by atoms with Crippen molar-refractivity contribution in [2.24, 2.45) is 10.4 Å². The predicted octanol–water partition coefficient (Wildman–Crippen LogP) is 3.69. The molecule has 2 fully saturated rings. The van der Waals surface area contributed by atoms with Gasteiger partial charge in [0.15, 0.2) is 12.8 Å². The van der Waals surface area contributed by atoms with E-state index < -0.39 is 0 Å². The normalized spacial score (nSPS) is 21.0. The predicted molar refractivity (Wildman–Crippen MR) is 114 cm³/mol. The summed E-state index contributed by atoms with van der Waals surface area (Å²) in [4.78, 5) is 6.85. The largest absolute Gasteiger partial charge is 0.467 e. The smallest absolute Gasteiger partial charge is 0.193 e. The van der Waals surface area contributed by atoms with Crippen LogP contribution >= 0.6 is 24.0 Å². The fourth-order valence-electron chi connectivity index (χ4n) is 4.73. The minimum atomic E-state index is -0.236. The van der Waals surface area contributed by atoms with E-state index >= 15 is 0 Å². The van der Waals surface area contributed by atoms with Crippen molar-refractivity contribution >= 4 is 29.9 Å². The Morgan fingerprint density at radius 1 is 1.30 bits per heavy atom. The van der Waals surface area contributed by atoms with Crippen LogP contribution < -0.4 is 10.1 Å². The fourth-order valence-corrected chi connectivity index (χ4v) is 4.73. The van der Waals surface area contributed by atoms with Gasteiger partial charge in [-0.1, -0.05) is 12.8 Å². The molecule has 2 aliphatic heterocycles. The molecular formula is C20H29FIN3O2. The van der Waals surface area contributed by atoms with Crippen molar-refractivity contribution in [2.75, 3.05) is 33.5 Å². The monoisotopic (exact) mass is 489 g/mol. The van der Waals surface area contributed by atoms with Crippen LogP contribution in [0.1, 0.15) is 43.2 Å². The molecule has 1 aromatic rings. The highest BCUT2D eigenvalue weighted by molar-refractivity contribution is 14.0. The molecule has 1 aliphatic carbocycles. The summed E-state index contributed by atoms with van der Waals surface area (Å²) in [6.07, 6.45) is 7.42. The highest BCUT2D eigenvalue weighted by Crippen LogP contribution is 2.45. The molecule has 3 aliphatic rings. The second kappa shape index (κ2) is 8.94. The van der Waals surface area contributed by atoms with Gasteiger partial charge in [0, 0.05) is 32.2 Å². The molecule has 1 spiro atoms. The Bertz CT molecular complexity index is 692. The standard InChI is InChI=1S/C20H28FN3O2.HI/c1-22-19(24-9-7-20(13-24)5-2-3-6-20)23-8-4-15-10-17(21)11-16-12-25-14-26-18(15)16;/h10-11H,2-9,12-14H2,1H3,(H,22,23);1H. The number of likely N-dealkylation sites (tertiary alicyclic amines) is 1. The molecular weight excluding hydrogens is 460 g/mol. The van der Waals surface area contributed by atoms with Crippen LogP contribution in [0.25, 0.3) is 0 Å². The number of rotatable bonds is 3. The van der Waals surface area contributed by atoms with Gasteiger partial charge < -0.3 is 19.7 Å². The van der Waals surface area contributed by atoms with Crippen molar-refractivity contribution in [1.29, 1.82) is 0 Å². The van der Waals surface area contributed by atoms with Gasteiger partial charge in [-0.05, 0) is 48.8 Å².